The molecule has 21 heavy (non-hydrogen) atoms. The van der Waals surface area contributed by atoms with E-state index in [-0.39, 0.29) is 10.8 Å². The molecule has 0 amide bonds. The molecule has 0 aromatic heterocycles. The van der Waals surface area contributed by atoms with E-state index in [9.17, 15) is 4.79 Å². The van der Waals surface area contributed by atoms with Gasteiger partial charge in [0.2, 0.25) is 0 Å². The second kappa shape index (κ2) is 5.89. The first kappa shape index (κ1) is 16.8. The third kappa shape index (κ3) is 2.85. The molecule has 1 fully saturated rings. The molecule has 0 aromatic rings. The van der Waals surface area contributed by atoms with Crippen molar-refractivity contribution in [3.8, 4) is 0 Å². The van der Waals surface area contributed by atoms with E-state index in [1.54, 1.807) is 0 Å². The van der Waals surface area contributed by atoms with Crippen molar-refractivity contribution >= 4 is 5.78 Å². The lowest BCUT2D eigenvalue weighted by Gasteiger charge is -2.55. The molecule has 0 unspecified atom stereocenters. The van der Waals surface area contributed by atoms with Crippen molar-refractivity contribution in [1.82, 2.24) is 0 Å². The van der Waals surface area contributed by atoms with Gasteiger partial charge in [0.05, 0.1) is 0 Å². The van der Waals surface area contributed by atoms with E-state index in [0.29, 0.717) is 23.5 Å². The summed E-state index contributed by atoms with van der Waals surface area (Å²) in [7, 11) is 0. The van der Waals surface area contributed by atoms with Crippen molar-refractivity contribution in [3.63, 3.8) is 0 Å². The van der Waals surface area contributed by atoms with Crippen LogP contribution < -0.4 is 0 Å². The Morgan fingerprint density at radius 3 is 2.57 bits per heavy atom. The molecule has 0 radical (unpaired) electrons. The van der Waals surface area contributed by atoms with Crippen LogP contribution in [0.25, 0.3) is 0 Å². The Morgan fingerprint density at radius 2 is 1.95 bits per heavy atom. The van der Waals surface area contributed by atoms with Gasteiger partial charge in [-0.3, -0.25) is 4.79 Å². The molecule has 1 nitrogen and oxygen atoms in total. The molecule has 0 aromatic carbocycles. The van der Waals surface area contributed by atoms with Gasteiger partial charge in [0, 0.05) is 11.8 Å². The quantitative estimate of drug-likeness (QED) is 0.612. The van der Waals surface area contributed by atoms with Crippen molar-refractivity contribution in [1.29, 1.82) is 0 Å². The Kier molecular flexibility index (Phi) is 4.71. The van der Waals surface area contributed by atoms with Crippen molar-refractivity contribution < 1.29 is 4.79 Å². The molecular formula is C20H34O. The van der Waals surface area contributed by atoms with Crippen LogP contribution in [-0.2, 0) is 4.79 Å². The molecule has 0 aliphatic heterocycles. The zero-order chi connectivity index (χ0) is 15.8. The highest BCUT2D eigenvalue weighted by Crippen LogP contribution is 2.58. The second-order valence-electron chi connectivity index (χ2n) is 8.61. The molecule has 0 N–H and O–H groups in total. The molecule has 0 spiro atoms. The fourth-order valence-electron chi connectivity index (χ4n) is 4.94. The van der Waals surface area contributed by atoms with Gasteiger partial charge in [-0.1, -0.05) is 66.5 Å². The van der Waals surface area contributed by atoms with E-state index >= 15 is 0 Å². The number of carbonyl (C=O) groups excluding carboxylic acids is 1. The predicted octanol–water partition coefficient (Wildman–Crippen LogP) is 5.65. The van der Waals surface area contributed by atoms with Crippen LogP contribution in [-0.4, -0.2) is 5.78 Å². The van der Waals surface area contributed by atoms with E-state index in [2.05, 4.69) is 53.7 Å². The number of carbonyl (C=O) groups is 1. The first-order valence-corrected chi connectivity index (χ1v) is 8.95. The fraction of sp³-hybridized carbons (Fsp3) is 0.850. The van der Waals surface area contributed by atoms with Gasteiger partial charge in [0.1, 0.15) is 5.78 Å². The fourth-order valence-corrected chi connectivity index (χ4v) is 4.94. The number of Topliss-reactive ketones (excluding diaryl/α,β-unsaturated/α-hetero) is 1. The van der Waals surface area contributed by atoms with E-state index < -0.39 is 0 Å². The lowest BCUT2D eigenvalue weighted by molar-refractivity contribution is -0.146. The molecule has 1 heteroatoms. The first-order valence-electron chi connectivity index (χ1n) is 8.95. The predicted molar refractivity (Wildman–Crippen MR) is 90.1 cm³/mol. The summed E-state index contributed by atoms with van der Waals surface area (Å²) < 4.78 is 0. The Hall–Kier alpha value is -0.590. The van der Waals surface area contributed by atoms with E-state index in [1.807, 2.05) is 0 Å². The van der Waals surface area contributed by atoms with Crippen LogP contribution in [0.15, 0.2) is 12.2 Å². The summed E-state index contributed by atoms with van der Waals surface area (Å²) in [6, 6.07) is 0. The molecule has 120 valence electrons. The van der Waals surface area contributed by atoms with Crippen LogP contribution in [0.3, 0.4) is 0 Å². The molecule has 5 atom stereocenters. The van der Waals surface area contributed by atoms with Crippen molar-refractivity contribution in [3.05, 3.63) is 12.2 Å². The van der Waals surface area contributed by atoms with Gasteiger partial charge >= 0.3 is 0 Å². The average Bonchev–Trinajstić information content (AvgIpc) is 2.42. The average molecular weight is 290 g/mol. The van der Waals surface area contributed by atoms with Crippen LogP contribution in [0.4, 0.5) is 0 Å². The Labute approximate surface area is 131 Å². The van der Waals surface area contributed by atoms with Gasteiger partial charge < -0.3 is 0 Å². The van der Waals surface area contributed by atoms with Crippen LogP contribution >= 0.6 is 0 Å². The summed E-state index contributed by atoms with van der Waals surface area (Å²) in [5, 5.41) is 0. The van der Waals surface area contributed by atoms with Crippen LogP contribution in [0.2, 0.25) is 0 Å². The number of rotatable bonds is 4. The van der Waals surface area contributed by atoms with Gasteiger partial charge in [-0.25, -0.2) is 0 Å². The number of ketones is 1. The highest BCUT2D eigenvalue weighted by Gasteiger charge is 2.56. The van der Waals surface area contributed by atoms with Crippen LogP contribution in [0, 0.1) is 34.5 Å². The standard InChI is InChI=1S/C20H34O/c1-7-14(2)8-10-16-15(3)9-11-17-19(4,5)13-12-18(21)20(16,17)6/h9,11,14-17H,7-8,10,12-13H2,1-6H3/t14-,15+,16+,17+,20-/m1/s1. The van der Waals surface area contributed by atoms with Gasteiger partial charge in [-0.15, -0.1) is 0 Å². The summed E-state index contributed by atoms with van der Waals surface area (Å²) in [6.07, 6.45) is 10.3. The van der Waals surface area contributed by atoms with E-state index in [4.69, 9.17) is 0 Å². The summed E-state index contributed by atoms with van der Waals surface area (Å²) in [6.45, 7) is 13.9. The SMILES string of the molecule is CC[C@@H](C)CC[C@H]1[C@@H](C)C=C[C@H]2C(C)(C)CCC(=O)[C@]12C. The minimum atomic E-state index is -0.136. The molecule has 0 bridgehead atoms. The molecule has 0 saturated heterocycles. The van der Waals surface area contributed by atoms with Crippen molar-refractivity contribution in [2.24, 2.45) is 34.5 Å². The minimum Gasteiger partial charge on any atom is -0.299 e. The molecule has 0 heterocycles. The van der Waals surface area contributed by atoms with E-state index in [1.165, 1.54) is 19.3 Å². The largest absolute Gasteiger partial charge is 0.299 e. The van der Waals surface area contributed by atoms with Gasteiger partial charge in [-0.05, 0) is 41.9 Å². The smallest absolute Gasteiger partial charge is 0.139 e. The van der Waals surface area contributed by atoms with Crippen molar-refractivity contribution in [2.75, 3.05) is 0 Å². The van der Waals surface area contributed by atoms with Gasteiger partial charge in [0.25, 0.3) is 0 Å². The zero-order valence-corrected chi connectivity index (χ0v) is 14.9. The molecule has 1 saturated carbocycles. The maximum atomic E-state index is 12.9. The second-order valence-corrected chi connectivity index (χ2v) is 8.61. The topological polar surface area (TPSA) is 17.1 Å². The van der Waals surface area contributed by atoms with Crippen LogP contribution in [0.5, 0.6) is 0 Å². The highest BCUT2D eigenvalue weighted by molar-refractivity contribution is 5.86. The molecule has 2 aliphatic carbocycles. The first-order chi connectivity index (χ1) is 9.73. The maximum absolute atomic E-state index is 12.9. The summed E-state index contributed by atoms with van der Waals surface area (Å²) in [4.78, 5) is 12.9. The number of fused-ring (bicyclic) bond motifs is 1. The lowest BCUT2D eigenvalue weighted by atomic mass is 9.47. The molecule has 2 aliphatic rings. The highest BCUT2D eigenvalue weighted by atomic mass is 16.1. The number of hydrogen-bond donors (Lipinski definition) is 0. The lowest BCUT2D eigenvalue weighted by Crippen LogP contribution is -2.54. The summed E-state index contributed by atoms with van der Waals surface area (Å²) in [5.41, 5.74) is 0.122. The number of allylic oxidation sites excluding steroid dienone is 2. The zero-order valence-electron chi connectivity index (χ0n) is 14.9. The van der Waals surface area contributed by atoms with Crippen molar-refractivity contribution in [2.45, 2.75) is 73.6 Å². The minimum absolute atomic E-state index is 0.136. The van der Waals surface area contributed by atoms with Gasteiger partial charge in [-0.2, -0.15) is 0 Å². The Balaban J connectivity index is 2.30. The third-order valence-corrected chi connectivity index (χ3v) is 6.76. The van der Waals surface area contributed by atoms with Crippen LogP contribution in [0.1, 0.15) is 73.6 Å². The molecule has 2 rings (SSSR count). The number of hydrogen-bond acceptors (Lipinski definition) is 1. The Bertz CT molecular complexity index is 420. The summed E-state index contributed by atoms with van der Waals surface area (Å²) >= 11 is 0. The van der Waals surface area contributed by atoms with E-state index in [0.717, 1.165) is 18.8 Å². The van der Waals surface area contributed by atoms with Gasteiger partial charge in [0.15, 0.2) is 0 Å². The summed E-state index contributed by atoms with van der Waals surface area (Å²) in [5.74, 6) is 2.78. The maximum Gasteiger partial charge on any atom is 0.139 e. The Morgan fingerprint density at radius 1 is 1.29 bits per heavy atom. The normalized spacial score (nSPS) is 39.9. The third-order valence-electron chi connectivity index (χ3n) is 6.76. The monoisotopic (exact) mass is 290 g/mol. The molecular weight excluding hydrogens is 256 g/mol.